The van der Waals surface area contributed by atoms with Gasteiger partial charge < -0.3 is 19.5 Å². The predicted octanol–water partition coefficient (Wildman–Crippen LogP) is 5.15. The van der Waals surface area contributed by atoms with Gasteiger partial charge in [0.2, 0.25) is 5.91 Å². The van der Waals surface area contributed by atoms with E-state index in [1.165, 1.54) is 31.4 Å². The average Bonchev–Trinajstić information content (AvgIpc) is 2.82. The van der Waals surface area contributed by atoms with Crippen LogP contribution in [0.4, 0.5) is 11.4 Å². The fourth-order valence-corrected chi connectivity index (χ4v) is 3.08. The number of nitrogens with zero attached hydrogens (tertiary/aromatic N) is 1. The van der Waals surface area contributed by atoms with Gasteiger partial charge in [-0.2, -0.15) is 0 Å². The van der Waals surface area contributed by atoms with Crippen molar-refractivity contribution in [2.24, 2.45) is 0 Å². The van der Waals surface area contributed by atoms with E-state index in [1.807, 2.05) is 31.2 Å². The van der Waals surface area contributed by atoms with Crippen LogP contribution in [0.5, 0.6) is 17.2 Å². The first kappa shape index (κ1) is 23.3. The van der Waals surface area contributed by atoms with Crippen molar-refractivity contribution in [2.45, 2.75) is 13.5 Å². The normalized spacial score (nSPS) is 10.6. The number of benzene rings is 3. The first-order valence-electron chi connectivity index (χ1n) is 10.1. The molecular weight excluding hydrogens is 424 g/mol. The van der Waals surface area contributed by atoms with Gasteiger partial charge in [-0.15, -0.1) is 0 Å². The monoisotopic (exact) mass is 448 g/mol. The molecule has 3 rings (SSSR count). The van der Waals surface area contributed by atoms with Crippen molar-refractivity contribution in [1.29, 1.82) is 0 Å². The molecular formula is C25H24N2O6. The zero-order valence-electron chi connectivity index (χ0n) is 18.5. The minimum absolute atomic E-state index is 0.0768. The summed E-state index contributed by atoms with van der Waals surface area (Å²) in [4.78, 5) is 23.0. The zero-order valence-corrected chi connectivity index (χ0v) is 18.5. The van der Waals surface area contributed by atoms with Gasteiger partial charge in [-0.1, -0.05) is 30.3 Å². The summed E-state index contributed by atoms with van der Waals surface area (Å²) in [5.74, 6) is 0.919. The minimum Gasteiger partial charge on any atom is -0.496 e. The third kappa shape index (κ3) is 6.10. The maximum absolute atomic E-state index is 12.3. The highest BCUT2D eigenvalue weighted by Crippen LogP contribution is 2.30. The molecule has 8 nitrogen and oxygen atoms in total. The smallest absolute Gasteiger partial charge is 0.296 e. The van der Waals surface area contributed by atoms with E-state index in [0.29, 0.717) is 29.4 Å². The molecule has 0 atom stereocenters. The lowest BCUT2D eigenvalue weighted by Gasteiger charge is -2.12. The Morgan fingerprint density at radius 2 is 1.82 bits per heavy atom. The molecule has 0 fully saturated rings. The number of anilines is 1. The summed E-state index contributed by atoms with van der Waals surface area (Å²) in [6.07, 6.45) is 2.87. The molecule has 0 aliphatic rings. The molecule has 0 unspecified atom stereocenters. The summed E-state index contributed by atoms with van der Waals surface area (Å²) in [6, 6.07) is 17.5. The van der Waals surface area contributed by atoms with Gasteiger partial charge in [0.25, 0.3) is 5.69 Å². The van der Waals surface area contributed by atoms with Crippen LogP contribution in [0.25, 0.3) is 6.08 Å². The van der Waals surface area contributed by atoms with Crippen LogP contribution in [-0.2, 0) is 11.4 Å². The first-order chi connectivity index (χ1) is 15.9. The SMILES string of the molecule is COc1ccc(NC(=O)/C=C/c2ccc(OCc3ccccc3C)c(OC)c2)c([N+](=O)[O-])c1. The Labute approximate surface area is 191 Å². The quantitative estimate of drug-likeness (QED) is 0.276. The highest BCUT2D eigenvalue weighted by Gasteiger charge is 2.16. The van der Waals surface area contributed by atoms with Gasteiger partial charge in [-0.3, -0.25) is 14.9 Å². The molecule has 0 aromatic heterocycles. The Kier molecular flexibility index (Phi) is 7.64. The number of methoxy groups -OCH3 is 2. The van der Waals surface area contributed by atoms with Gasteiger partial charge in [0.05, 0.1) is 25.2 Å². The molecule has 8 heteroatoms. The highest BCUT2D eigenvalue weighted by molar-refractivity contribution is 6.03. The maximum atomic E-state index is 12.3. The molecule has 0 saturated carbocycles. The lowest BCUT2D eigenvalue weighted by Crippen LogP contribution is -2.09. The van der Waals surface area contributed by atoms with Gasteiger partial charge in [0.15, 0.2) is 11.5 Å². The molecule has 0 aliphatic heterocycles. The molecule has 170 valence electrons. The molecule has 0 bridgehead atoms. The van der Waals surface area contributed by atoms with Crippen molar-refractivity contribution in [1.82, 2.24) is 0 Å². The molecule has 3 aromatic carbocycles. The van der Waals surface area contributed by atoms with Crippen LogP contribution in [0.2, 0.25) is 0 Å². The number of amides is 1. The third-order valence-corrected chi connectivity index (χ3v) is 4.92. The van der Waals surface area contributed by atoms with Crippen molar-refractivity contribution in [3.63, 3.8) is 0 Å². The Balaban J connectivity index is 1.69. The lowest BCUT2D eigenvalue weighted by molar-refractivity contribution is -0.384. The number of aryl methyl sites for hydroxylation is 1. The van der Waals surface area contributed by atoms with Crippen LogP contribution in [0.15, 0.2) is 66.7 Å². The number of nitro benzene ring substituents is 1. The average molecular weight is 448 g/mol. The fourth-order valence-electron chi connectivity index (χ4n) is 3.08. The van der Waals surface area contributed by atoms with Crippen LogP contribution >= 0.6 is 0 Å². The summed E-state index contributed by atoms with van der Waals surface area (Å²) in [7, 11) is 2.95. The Morgan fingerprint density at radius 3 is 2.52 bits per heavy atom. The van der Waals surface area contributed by atoms with E-state index in [2.05, 4.69) is 5.32 Å². The topological polar surface area (TPSA) is 99.9 Å². The standard InChI is InChI=1S/C25H24N2O6/c1-17-6-4-5-7-19(17)16-33-23-12-8-18(14-24(23)32-3)9-13-25(28)26-21-11-10-20(31-2)15-22(21)27(29)30/h4-15H,16H2,1-3H3,(H,26,28)/b13-9+. The Morgan fingerprint density at radius 1 is 1.03 bits per heavy atom. The highest BCUT2D eigenvalue weighted by atomic mass is 16.6. The molecule has 0 aliphatic carbocycles. The molecule has 0 spiro atoms. The van der Waals surface area contributed by atoms with E-state index in [9.17, 15) is 14.9 Å². The van der Waals surface area contributed by atoms with Crippen molar-refractivity contribution < 1.29 is 23.9 Å². The summed E-state index contributed by atoms with van der Waals surface area (Å²) in [6.45, 7) is 2.43. The van der Waals surface area contributed by atoms with Crippen LogP contribution in [0.1, 0.15) is 16.7 Å². The number of carbonyl (C=O) groups is 1. The van der Waals surface area contributed by atoms with Gasteiger partial charge >= 0.3 is 0 Å². The summed E-state index contributed by atoms with van der Waals surface area (Å²) < 4.78 is 16.3. The second-order valence-corrected chi connectivity index (χ2v) is 7.09. The zero-order chi connectivity index (χ0) is 23.8. The van der Waals surface area contributed by atoms with Crippen molar-refractivity contribution >= 4 is 23.4 Å². The maximum Gasteiger partial charge on any atom is 0.296 e. The van der Waals surface area contributed by atoms with Gasteiger partial charge in [-0.25, -0.2) is 0 Å². The lowest BCUT2D eigenvalue weighted by atomic mass is 10.1. The van der Waals surface area contributed by atoms with Crippen molar-refractivity contribution in [3.8, 4) is 17.2 Å². The van der Waals surface area contributed by atoms with Crippen molar-refractivity contribution in [3.05, 3.63) is 93.5 Å². The van der Waals surface area contributed by atoms with Crippen LogP contribution < -0.4 is 19.5 Å². The van der Waals surface area contributed by atoms with Gasteiger partial charge in [0, 0.05) is 6.08 Å². The van der Waals surface area contributed by atoms with Crippen LogP contribution in [0, 0.1) is 17.0 Å². The summed E-state index contributed by atoms with van der Waals surface area (Å²) in [5, 5.41) is 13.8. The number of rotatable bonds is 9. The van der Waals surface area contributed by atoms with Crippen LogP contribution in [-0.4, -0.2) is 25.1 Å². The number of hydrogen-bond donors (Lipinski definition) is 1. The van der Waals surface area contributed by atoms with E-state index >= 15 is 0 Å². The number of carbonyl (C=O) groups excluding carboxylic acids is 1. The second kappa shape index (κ2) is 10.8. The Hall–Kier alpha value is -4.33. The summed E-state index contributed by atoms with van der Waals surface area (Å²) >= 11 is 0. The van der Waals surface area contributed by atoms with Crippen LogP contribution in [0.3, 0.4) is 0 Å². The molecule has 0 heterocycles. The van der Waals surface area contributed by atoms with E-state index < -0.39 is 10.8 Å². The van der Waals surface area contributed by atoms with E-state index in [0.717, 1.165) is 11.1 Å². The van der Waals surface area contributed by atoms with Gasteiger partial charge in [-0.05, 0) is 54.0 Å². The van der Waals surface area contributed by atoms with Gasteiger partial charge in [0.1, 0.15) is 18.0 Å². The molecule has 1 N–H and O–H groups in total. The molecule has 33 heavy (non-hydrogen) atoms. The number of nitro groups is 1. The predicted molar refractivity (Wildman–Crippen MR) is 126 cm³/mol. The van der Waals surface area contributed by atoms with E-state index in [-0.39, 0.29) is 11.4 Å². The molecule has 3 aromatic rings. The summed E-state index contributed by atoms with van der Waals surface area (Å²) in [5.41, 5.74) is 2.74. The van der Waals surface area contributed by atoms with E-state index in [1.54, 1.807) is 31.4 Å². The molecule has 0 saturated heterocycles. The van der Waals surface area contributed by atoms with E-state index in [4.69, 9.17) is 14.2 Å². The fraction of sp³-hybridized carbons (Fsp3) is 0.160. The third-order valence-electron chi connectivity index (χ3n) is 4.92. The Bertz CT molecular complexity index is 1190. The number of nitrogens with one attached hydrogen (secondary N) is 1. The second-order valence-electron chi connectivity index (χ2n) is 7.09. The first-order valence-corrected chi connectivity index (χ1v) is 10.1. The van der Waals surface area contributed by atoms with Crippen molar-refractivity contribution in [2.75, 3.05) is 19.5 Å². The number of ether oxygens (including phenoxy) is 3. The minimum atomic E-state index is -0.581. The number of hydrogen-bond acceptors (Lipinski definition) is 6. The molecule has 1 amide bonds. The largest absolute Gasteiger partial charge is 0.496 e. The molecule has 0 radical (unpaired) electrons.